The molecule has 1 rings (SSSR count). The highest BCUT2D eigenvalue weighted by atomic mass is 32.2. The molecule has 0 fully saturated rings. The van der Waals surface area contributed by atoms with E-state index in [-0.39, 0.29) is 0 Å². The molecular formula is C14H23NS. The van der Waals surface area contributed by atoms with E-state index < -0.39 is 0 Å². The highest BCUT2D eigenvalue weighted by molar-refractivity contribution is 7.99. The second-order valence-electron chi connectivity index (χ2n) is 4.51. The highest BCUT2D eigenvalue weighted by Crippen LogP contribution is 2.10. The Hall–Kier alpha value is -0.470. The summed E-state index contributed by atoms with van der Waals surface area (Å²) < 4.78 is 0. The van der Waals surface area contributed by atoms with Crippen molar-refractivity contribution >= 4 is 11.8 Å². The van der Waals surface area contributed by atoms with E-state index in [0.29, 0.717) is 0 Å². The quantitative estimate of drug-likeness (QED) is 0.760. The standard InChI is InChI=1S/C14H23NS/c1-11-7-12(2)9-14(8-11)10-15-6-5-13(3)16-4/h7-9,13,15H,5-6,10H2,1-4H3. The van der Waals surface area contributed by atoms with Crippen LogP contribution in [-0.2, 0) is 6.54 Å². The molecule has 0 aliphatic heterocycles. The molecule has 0 bridgehead atoms. The molecule has 0 aliphatic rings. The number of benzene rings is 1. The van der Waals surface area contributed by atoms with Crippen LogP contribution >= 0.6 is 11.8 Å². The highest BCUT2D eigenvalue weighted by Gasteiger charge is 1.99. The summed E-state index contributed by atoms with van der Waals surface area (Å²) >= 11 is 1.94. The van der Waals surface area contributed by atoms with Crippen LogP contribution in [0.4, 0.5) is 0 Å². The molecule has 0 heterocycles. The number of aryl methyl sites for hydroxylation is 2. The number of nitrogens with one attached hydrogen (secondary N) is 1. The molecule has 1 nitrogen and oxygen atoms in total. The molecule has 16 heavy (non-hydrogen) atoms. The molecule has 2 heteroatoms. The summed E-state index contributed by atoms with van der Waals surface area (Å²) in [6.07, 6.45) is 3.42. The van der Waals surface area contributed by atoms with Gasteiger partial charge in [0.15, 0.2) is 0 Å². The van der Waals surface area contributed by atoms with Gasteiger partial charge in [0.1, 0.15) is 0 Å². The summed E-state index contributed by atoms with van der Waals surface area (Å²) in [6.45, 7) is 8.69. The first-order valence-electron chi connectivity index (χ1n) is 5.92. The van der Waals surface area contributed by atoms with Gasteiger partial charge < -0.3 is 5.32 Å². The van der Waals surface area contributed by atoms with E-state index in [4.69, 9.17) is 0 Å². The summed E-state index contributed by atoms with van der Waals surface area (Å²) in [7, 11) is 0. The topological polar surface area (TPSA) is 12.0 Å². The van der Waals surface area contributed by atoms with Crippen molar-refractivity contribution in [1.82, 2.24) is 5.32 Å². The fraction of sp³-hybridized carbons (Fsp3) is 0.571. The van der Waals surface area contributed by atoms with E-state index in [1.165, 1.54) is 23.1 Å². The number of hydrogen-bond donors (Lipinski definition) is 1. The third-order valence-corrected chi connectivity index (χ3v) is 3.78. The van der Waals surface area contributed by atoms with Gasteiger partial charge in [0.25, 0.3) is 0 Å². The Bertz CT molecular complexity index is 302. The Balaban J connectivity index is 2.32. The van der Waals surface area contributed by atoms with Crippen LogP contribution in [0.25, 0.3) is 0 Å². The van der Waals surface area contributed by atoms with Crippen LogP contribution in [0.1, 0.15) is 30.0 Å². The molecule has 0 spiro atoms. The lowest BCUT2D eigenvalue weighted by molar-refractivity contribution is 0.647. The zero-order valence-corrected chi connectivity index (χ0v) is 11.7. The Morgan fingerprint density at radius 2 is 1.81 bits per heavy atom. The van der Waals surface area contributed by atoms with E-state index in [9.17, 15) is 0 Å². The van der Waals surface area contributed by atoms with Gasteiger partial charge in [-0.05, 0) is 38.6 Å². The molecule has 1 atom stereocenters. The fourth-order valence-corrected chi connectivity index (χ4v) is 2.18. The molecule has 1 unspecified atom stereocenters. The van der Waals surface area contributed by atoms with Gasteiger partial charge >= 0.3 is 0 Å². The van der Waals surface area contributed by atoms with Crippen molar-refractivity contribution in [1.29, 1.82) is 0 Å². The van der Waals surface area contributed by atoms with Gasteiger partial charge in [-0.3, -0.25) is 0 Å². The predicted molar refractivity (Wildman–Crippen MR) is 75.2 cm³/mol. The van der Waals surface area contributed by atoms with Crippen LogP contribution in [0.3, 0.4) is 0 Å². The second kappa shape index (κ2) is 6.97. The summed E-state index contributed by atoms with van der Waals surface area (Å²) in [6, 6.07) is 6.75. The number of thioether (sulfide) groups is 1. The summed E-state index contributed by atoms with van der Waals surface area (Å²) in [5, 5.41) is 4.26. The second-order valence-corrected chi connectivity index (χ2v) is 5.78. The van der Waals surface area contributed by atoms with Gasteiger partial charge in [-0.1, -0.05) is 36.2 Å². The van der Waals surface area contributed by atoms with E-state index in [1.807, 2.05) is 11.8 Å². The molecule has 0 aromatic heterocycles. The van der Waals surface area contributed by atoms with Gasteiger partial charge in [0.2, 0.25) is 0 Å². The van der Waals surface area contributed by atoms with Gasteiger partial charge in [0, 0.05) is 11.8 Å². The number of rotatable bonds is 6. The van der Waals surface area contributed by atoms with Crippen LogP contribution < -0.4 is 5.32 Å². The first-order chi connectivity index (χ1) is 7.61. The Labute approximate surface area is 104 Å². The van der Waals surface area contributed by atoms with Gasteiger partial charge in [-0.15, -0.1) is 0 Å². The summed E-state index contributed by atoms with van der Waals surface area (Å²) in [5.74, 6) is 0. The van der Waals surface area contributed by atoms with Crippen molar-refractivity contribution < 1.29 is 0 Å². The lowest BCUT2D eigenvalue weighted by Gasteiger charge is -2.10. The summed E-state index contributed by atoms with van der Waals surface area (Å²) in [5.41, 5.74) is 4.11. The Morgan fingerprint density at radius 1 is 1.19 bits per heavy atom. The third-order valence-electron chi connectivity index (χ3n) is 2.74. The SMILES string of the molecule is CSC(C)CCNCc1cc(C)cc(C)c1. The van der Waals surface area contributed by atoms with Crippen LogP contribution in [0.2, 0.25) is 0 Å². The van der Waals surface area contributed by atoms with E-state index >= 15 is 0 Å². The van der Waals surface area contributed by atoms with Crippen LogP contribution in [0.15, 0.2) is 18.2 Å². The van der Waals surface area contributed by atoms with Crippen molar-refractivity contribution in [2.45, 2.75) is 39.0 Å². The average molecular weight is 237 g/mol. The van der Waals surface area contributed by atoms with Gasteiger partial charge in [-0.25, -0.2) is 0 Å². The van der Waals surface area contributed by atoms with Crippen molar-refractivity contribution in [2.75, 3.05) is 12.8 Å². The van der Waals surface area contributed by atoms with Crippen LogP contribution in [-0.4, -0.2) is 18.1 Å². The largest absolute Gasteiger partial charge is 0.313 e. The minimum Gasteiger partial charge on any atom is -0.313 e. The van der Waals surface area contributed by atoms with E-state index in [1.54, 1.807) is 0 Å². The maximum atomic E-state index is 3.51. The van der Waals surface area contributed by atoms with Gasteiger partial charge in [0.05, 0.1) is 0 Å². The molecule has 1 N–H and O–H groups in total. The van der Waals surface area contributed by atoms with Gasteiger partial charge in [-0.2, -0.15) is 11.8 Å². The summed E-state index contributed by atoms with van der Waals surface area (Å²) in [4.78, 5) is 0. The molecule has 1 aromatic rings. The lowest BCUT2D eigenvalue weighted by Crippen LogP contribution is -2.17. The van der Waals surface area contributed by atoms with Crippen LogP contribution in [0.5, 0.6) is 0 Å². The third kappa shape index (κ3) is 5.04. The molecule has 0 amide bonds. The molecule has 90 valence electrons. The number of hydrogen-bond acceptors (Lipinski definition) is 2. The fourth-order valence-electron chi connectivity index (χ4n) is 1.83. The molecular weight excluding hydrogens is 214 g/mol. The normalized spacial score (nSPS) is 12.8. The first-order valence-corrected chi connectivity index (χ1v) is 7.21. The Morgan fingerprint density at radius 3 is 2.38 bits per heavy atom. The molecule has 1 aromatic carbocycles. The Kier molecular flexibility index (Phi) is 5.93. The molecule has 0 radical (unpaired) electrons. The average Bonchev–Trinajstić information content (AvgIpc) is 2.22. The van der Waals surface area contributed by atoms with Crippen molar-refractivity contribution in [3.63, 3.8) is 0 Å². The zero-order chi connectivity index (χ0) is 12.0. The van der Waals surface area contributed by atoms with Crippen LogP contribution in [0, 0.1) is 13.8 Å². The minimum absolute atomic E-state index is 0.756. The van der Waals surface area contributed by atoms with E-state index in [2.05, 4.69) is 50.5 Å². The minimum atomic E-state index is 0.756. The predicted octanol–water partition coefficient (Wildman–Crippen LogP) is 3.53. The zero-order valence-electron chi connectivity index (χ0n) is 10.8. The smallest absolute Gasteiger partial charge is 0.0205 e. The maximum Gasteiger partial charge on any atom is 0.0205 e. The van der Waals surface area contributed by atoms with Crippen molar-refractivity contribution in [2.24, 2.45) is 0 Å². The van der Waals surface area contributed by atoms with E-state index in [0.717, 1.165) is 18.3 Å². The first kappa shape index (κ1) is 13.6. The molecule has 0 saturated carbocycles. The molecule has 0 aliphatic carbocycles. The lowest BCUT2D eigenvalue weighted by atomic mass is 10.1. The van der Waals surface area contributed by atoms with Crippen molar-refractivity contribution in [3.05, 3.63) is 34.9 Å². The molecule has 0 saturated heterocycles. The van der Waals surface area contributed by atoms with Crippen molar-refractivity contribution in [3.8, 4) is 0 Å². The maximum absolute atomic E-state index is 3.51. The monoisotopic (exact) mass is 237 g/mol.